The van der Waals surface area contributed by atoms with Crippen LogP contribution in [-0.2, 0) is 0 Å². The highest BCUT2D eigenvalue weighted by Gasteiger charge is 2.27. The molecule has 2 aromatic carbocycles. The van der Waals surface area contributed by atoms with Crippen molar-refractivity contribution >= 4 is 23.1 Å². The molecule has 1 aliphatic rings. The second-order valence-electron chi connectivity index (χ2n) is 5.88. The molecular weight excluding hydrogens is 327 g/mol. The fraction of sp³-hybridized carbons (Fsp3) is 0.263. The topological polar surface area (TPSA) is 44.1 Å². The molecule has 3 nitrogen and oxygen atoms in total. The van der Waals surface area contributed by atoms with Crippen LogP contribution < -0.4 is 4.90 Å². The van der Waals surface area contributed by atoms with Gasteiger partial charge in [-0.1, -0.05) is 17.7 Å². The van der Waals surface area contributed by atoms with Crippen molar-refractivity contribution in [2.75, 3.05) is 18.0 Å². The second-order valence-corrected chi connectivity index (χ2v) is 6.31. The van der Waals surface area contributed by atoms with E-state index in [1.54, 1.807) is 36.4 Å². The number of hydrogen-bond donors (Lipinski definition) is 0. The fourth-order valence-electron chi connectivity index (χ4n) is 3.12. The number of hydrogen-bond acceptors (Lipinski definition) is 3. The molecule has 2 aromatic rings. The lowest BCUT2D eigenvalue weighted by atomic mass is 9.88. The Bertz CT molecular complexity index is 790. The van der Waals surface area contributed by atoms with Crippen molar-refractivity contribution in [1.29, 1.82) is 5.26 Å². The SMILES string of the molecule is N#Cc1c(F)cccc1N1CCC(C(=O)c2ccc(Cl)cc2)CC1. The largest absolute Gasteiger partial charge is 0.370 e. The zero-order chi connectivity index (χ0) is 17.1. The third-order valence-electron chi connectivity index (χ3n) is 4.44. The first-order chi connectivity index (χ1) is 11.6. The lowest BCUT2D eigenvalue weighted by molar-refractivity contribution is 0.0900. The summed E-state index contributed by atoms with van der Waals surface area (Å²) < 4.78 is 13.8. The van der Waals surface area contributed by atoms with E-state index >= 15 is 0 Å². The van der Waals surface area contributed by atoms with E-state index in [-0.39, 0.29) is 17.3 Å². The van der Waals surface area contributed by atoms with Gasteiger partial charge in [-0.05, 0) is 49.2 Å². The van der Waals surface area contributed by atoms with Gasteiger partial charge in [0.25, 0.3) is 0 Å². The Balaban J connectivity index is 1.70. The van der Waals surface area contributed by atoms with Crippen LogP contribution in [0, 0.1) is 23.1 Å². The van der Waals surface area contributed by atoms with Gasteiger partial charge in [-0.15, -0.1) is 0 Å². The minimum absolute atomic E-state index is 0.0541. The van der Waals surface area contributed by atoms with Crippen LogP contribution in [0.25, 0.3) is 0 Å². The van der Waals surface area contributed by atoms with Crippen molar-refractivity contribution in [3.8, 4) is 6.07 Å². The number of carbonyl (C=O) groups excluding carboxylic acids is 1. The molecule has 0 saturated carbocycles. The molecule has 0 radical (unpaired) electrons. The number of piperidine rings is 1. The Morgan fingerprint density at radius 3 is 2.46 bits per heavy atom. The molecule has 0 aliphatic carbocycles. The van der Waals surface area contributed by atoms with Gasteiger partial charge >= 0.3 is 0 Å². The third-order valence-corrected chi connectivity index (χ3v) is 4.69. The van der Waals surface area contributed by atoms with Crippen LogP contribution in [0.2, 0.25) is 5.02 Å². The summed E-state index contributed by atoms with van der Waals surface area (Å²) in [5, 5.41) is 9.77. The van der Waals surface area contributed by atoms with Crippen molar-refractivity contribution in [1.82, 2.24) is 0 Å². The third kappa shape index (κ3) is 3.27. The Labute approximate surface area is 145 Å². The molecule has 1 aliphatic heterocycles. The molecule has 3 rings (SSSR count). The summed E-state index contributed by atoms with van der Waals surface area (Å²) in [4.78, 5) is 14.5. The van der Waals surface area contributed by atoms with Crippen molar-refractivity contribution < 1.29 is 9.18 Å². The summed E-state index contributed by atoms with van der Waals surface area (Å²) in [6.07, 6.45) is 1.37. The first kappa shape index (κ1) is 16.5. The normalized spacial score (nSPS) is 15.1. The number of nitriles is 1. The zero-order valence-electron chi connectivity index (χ0n) is 13.0. The Morgan fingerprint density at radius 1 is 1.17 bits per heavy atom. The molecule has 1 fully saturated rings. The molecule has 0 spiro atoms. The molecule has 122 valence electrons. The summed E-state index contributed by atoms with van der Waals surface area (Å²) in [7, 11) is 0. The van der Waals surface area contributed by atoms with Crippen LogP contribution in [-0.4, -0.2) is 18.9 Å². The quantitative estimate of drug-likeness (QED) is 0.774. The van der Waals surface area contributed by atoms with Crippen molar-refractivity contribution in [3.05, 3.63) is 64.4 Å². The first-order valence-electron chi connectivity index (χ1n) is 7.83. The van der Waals surface area contributed by atoms with E-state index in [1.807, 2.05) is 11.0 Å². The maximum Gasteiger partial charge on any atom is 0.166 e. The molecule has 0 atom stereocenters. The van der Waals surface area contributed by atoms with Crippen molar-refractivity contribution in [3.63, 3.8) is 0 Å². The maximum absolute atomic E-state index is 13.8. The van der Waals surface area contributed by atoms with Crippen LogP contribution in [0.3, 0.4) is 0 Å². The van der Waals surface area contributed by atoms with E-state index < -0.39 is 5.82 Å². The fourth-order valence-corrected chi connectivity index (χ4v) is 3.25. The predicted octanol–water partition coefficient (Wildman–Crippen LogP) is 4.45. The highest BCUT2D eigenvalue weighted by atomic mass is 35.5. The number of ketones is 1. The lowest BCUT2D eigenvalue weighted by Gasteiger charge is -2.33. The average Bonchev–Trinajstić information content (AvgIpc) is 2.62. The smallest absolute Gasteiger partial charge is 0.166 e. The van der Waals surface area contributed by atoms with Crippen molar-refractivity contribution in [2.24, 2.45) is 5.92 Å². The van der Waals surface area contributed by atoms with E-state index in [0.29, 0.717) is 42.2 Å². The standard InChI is InChI=1S/C19H16ClFN2O/c20-15-6-4-13(5-7-15)19(24)14-8-10-23(11-9-14)18-3-1-2-17(21)16(18)12-22/h1-7,14H,8-11H2. The molecule has 5 heteroatoms. The van der Waals surface area contributed by atoms with Crippen LogP contribution in [0.15, 0.2) is 42.5 Å². The lowest BCUT2D eigenvalue weighted by Crippen LogP contribution is -2.36. The maximum atomic E-state index is 13.8. The highest BCUT2D eigenvalue weighted by Crippen LogP contribution is 2.29. The molecule has 0 aromatic heterocycles. The summed E-state index contributed by atoms with van der Waals surface area (Å²) in [6.45, 7) is 1.25. The van der Waals surface area contributed by atoms with Crippen molar-refractivity contribution in [2.45, 2.75) is 12.8 Å². The minimum atomic E-state index is -0.505. The number of carbonyl (C=O) groups is 1. The predicted molar refractivity (Wildman–Crippen MR) is 91.8 cm³/mol. The van der Waals surface area contributed by atoms with E-state index in [0.717, 1.165) is 0 Å². The Morgan fingerprint density at radius 2 is 1.83 bits per heavy atom. The van der Waals surface area contributed by atoms with Crippen LogP contribution in [0.1, 0.15) is 28.8 Å². The minimum Gasteiger partial charge on any atom is -0.370 e. The van der Waals surface area contributed by atoms with Gasteiger partial charge in [-0.2, -0.15) is 5.26 Å². The van der Waals surface area contributed by atoms with Gasteiger partial charge in [0.15, 0.2) is 5.78 Å². The summed E-state index contributed by atoms with van der Waals surface area (Å²) in [6, 6.07) is 13.5. The monoisotopic (exact) mass is 342 g/mol. The number of nitrogens with zero attached hydrogens (tertiary/aromatic N) is 2. The molecular formula is C19H16ClFN2O. The second kappa shape index (κ2) is 7.02. The van der Waals surface area contributed by atoms with Gasteiger partial charge in [-0.3, -0.25) is 4.79 Å². The Hall–Kier alpha value is -2.38. The molecule has 24 heavy (non-hydrogen) atoms. The first-order valence-corrected chi connectivity index (χ1v) is 8.21. The highest BCUT2D eigenvalue weighted by molar-refractivity contribution is 6.30. The van der Waals surface area contributed by atoms with Crippen LogP contribution in [0.4, 0.5) is 10.1 Å². The van der Waals surface area contributed by atoms with Gasteiger partial charge in [0.2, 0.25) is 0 Å². The number of benzene rings is 2. The van der Waals surface area contributed by atoms with Gasteiger partial charge in [0.05, 0.1) is 5.69 Å². The molecule has 0 amide bonds. The van der Waals surface area contributed by atoms with Crippen LogP contribution >= 0.6 is 11.6 Å². The average molecular weight is 343 g/mol. The van der Waals surface area contributed by atoms with E-state index in [2.05, 4.69) is 0 Å². The molecule has 0 bridgehead atoms. The number of anilines is 1. The van der Waals surface area contributed by atoms with Crippen LogP contribution in [0.5, 0.6) is 0 Å². The number of halogens is 2. The van der Waals surface area contributed by atoms with E-state index in [1.165, 1.54) is 6.07 Å². The van der Waals surface area contributed by atoms with Gasteiger partial charge in [0, 0.05) is 29.6 Å². The molecule has 0 N–H and O–H groups in total. The van der Waals surface area contributed by atoms with Gasteiger partial charge < -0.3 is 4.90 Å². The summed E-state index contributed by atoms with van der Waals surface area (Å²) >= 11 is 5.86. The van der Waals surface area contributed by atoms with E-state index in [4.69, 9.17) is 16.9 Å². The molecule has 0 unspecified atom stereocenters. The number of rotatable bonds is 3. The van der Waals surface area contributed by atoms with Gasteiger partial charge in [-0.25, -0.2) is 4.39 Å². The summed E-state index contributed by atoms with van der Waals surface area (Å²) in [5.41, 5.74) is 1.34. The molecule has 1 saturated heterocycles. The van der Waals surface area contributed by atoms with E-state index in [9.17, 15) is 9.18 Å². The molecule has 1 heterocycles. The zero-order valence-corrected chi connectivity index (χ0v) is 13.8. The number of Topliss-reactive ketones (excluding diaryl/α,β-unsaturated/α-hetero) is 1. The van der Waals surface area contributed by atoms with Gasteiger partial charge in [0.1, 0.15) is 17.4 Å². The Kier molecular flexibility index (Phi) is 4.82. The summed E-state index contributed by atoms with van der Waals surface area (Å²) in [5.74, 6) is -0.443.